The zero-order valence-electron chi connectivity index (χ0n) is 8.67. The van der Waals surface area contributed by atoms with Crippen LogP contribution in [0.15, 0.2) is 12.4 Å². The summed E-state index contributed by atoms with van der Waals surface area (Å²) in [5, 5.41) is 0. The van der Waals surface area contributed by atoms with Gasteiger partial charge in [-0.3, -0.25) is 0 Å². The van der Waals surface area contributed by atoms with Gasteiger partial charge in [0, 0.05) is 6.42 Å². The van der Waals surface area contributed by atoms with Crippen LogP contribution in [0, 0.1) is 0 Å². The summed E-state index contributed by atoms with van der Waals surface area (Å²) in [4.78, 5) is 0. The maximum Gasteiger partial charge on any atom is 0.379 e. The van der Waals surface area contributed by atoms with Crippen molar-refractivity contribution in [1.29, 1.82) is 0 Å². The van der Waals surface area contributed by atoms with Gasteiger partial charge in [-0.1, -0.05) is 6.92 Å². The monoisotopic (exact) mass is 209 g/mol. The molecule has 0 spiro atoms. The Morgan fingerprint density at radius 2 is 1.86 bits per heavy atom. The summed E-state index contributed by atoms with van der Waals surface area (Å²) in [6.45, 7) is 1.75. The standard InChI is InChI=1S/C8H15N2.CHF3/c1-4-8-9(3)6-7-10(8)5-2;2-1(3)4/h6-7H,4-5H2,1-3H3;1H/q+1;. The first-order valence-corrected chi connectivity index (χ1v) is 4.48. The molecular weight excluding hydrogens is 193 g/mol. The van der Waals surface area contributed by atoms with Crippen LogP contribution >= 0.6 is 0 Å². The van der Waals surface area contributed by atoms with Gasteiger partial charge in [-0.05, 0) is 6.92 Å². The summed E-state index contributed by atoms with van der Waals surface area (Å²) in [6.07, 6.45) is 5.33. The summed E-state index contributed by atoms with van der Waals surface area (Å²) < 4.78 is 33.4. The van der Waals surface area contributed by atoms with Crippen molar-refractivity contribution in [2.45, 2.75) is 33.5 Å². The Morgan fingerprint density at radius 3 is 2.14 bits per heavy atom. The van der Waals surface area contributed by atoms with E-state index in [1.165, 1.54) is 5.82 Å². The first kappa shape index (κ1) is 13.0. The van der Waals surface area contributed by atoms with Crippen LogP contribution in [0.25, 0.3) is 0 Å². The minimum atomic E-state index is -3.67. The second-order valence-electron chi connectivity index (χ2n) is 2.71. The van der Waals surface area contributed by atoms with Crippen molar-refractivity contribution in [3.8, 4) is 0 Å². The highest BCUT2D eigenvalue weighted by molar-refractivity contribution is 4.81. The minimum Gasteiger partial charge on any atom is -0.237 e. The highest BCUT2D eigenvalue weighted by atomic mass is 19.4. The highest BCUT2D eigenvalue weighted by Gasteiger charge is 2.08. The summed E-state index contributed by atoms with van der Waals surface area (Å²) >= 11 is 0. The number of hydrogen-bond acceptors (Lipinski definition) is 0. The molecule has 0 aliphatic rings. The summed E-state index contributed by atoms with van der Waals surface area (Å²) in [5.41, 5.74) is 0. The molecule has 2 nitrogen and oxygen atoms in total. The van der Waals surface area contributed by atoms with E-state index >= 15 is 0 Å². The van der Waals surface area contributed by atoms with Crippen molar-refractivity contribution in [1.82, 2.24) is 4.57 Å². The zero-order chi connectivity index (χ0) is 11.1. The fraction of sp³-hybridized carbons (Fsp3) is 0.667. The maximum atomic E-state index is 9.67. The van der Waals surface area contributed by atoms with E-state index in [-0.39, 0.29) is 0 Å². The van der Waals surface area contributed by atoms with Crippen molar-refractivity contribution < 1.29 is 17.7 Å². The number of halogens is 3. The van der Waals surface area contributed by atoms with Gasteiger partial charge in [0.05, 0.1) is 13.6 Å². The number of hydrogen-bond donors (Lipinski definition) is 0. The Labute approximate surface area is 82.0 Å². The molecule has 0 bridgehead atoms. The molecule has 0 saturated carbocycles. The van der Waals surface area contributed by atoms with E-state index in [0.29, 0.717) is 0 Å². The number of aromatic nitrogens is 2. The predicted octanol–water partition coefficient (Wildman–Crippen LogP) is 2.07. The van der Waals surface area contributed by atoms with E-state index in [0.717, 1.165) is 13.0 Å². The quantitative estimate of drug-likeness (QED) is 0.659. The lowest BCUT2D eigenvalue weighted by Crippen LogP contribution is -2.31. The van der Waals surface area contributed by atoms with E-state index in [1.54, 1.807) is 0 Å². The molecule has 0 N–H and O–H groups in total. The van der Waals surface area contributed by atoms with Gasteiger partial charge < -0.3 is 0 Å². The van der Waals surface area contributed by atoms with E-state index in [4.69, 9.17) is 0 Å². The third kappa shape index (κ3) is 4.30. The molecule has 0 aliphatic carbocycles. The van der Waals surface area contributed by atoms with E-state index in [9.17, 15) is 13.2 Å². The zero-order valence-corrected chi connectivity index (χ0v) is 8.67. The molecule has 0 radical (unpaired) electrons. The molecule has 1 aromatic heterocycles. The first-order chi connectivity index (χ1) is 6.52. The van der Waals surface area contributed by atoms with Crippen LogP contribution in [0.4, 0.5) is 13.2 Å². The van der Waals surface area contributed by atoms with E-state index in [1.807, 2.05) is 0 Å². The van der Waals surface area contributed by atoms with Crippen molar-refractivity contribution >= 4 is 0 Å². The smallest absolute Gasteiger partial charge is 0.237 e. The van der Waals surface area contributed by atoms with Gasteiger partial charge in [-0.2, -0.15) is 13.2 Å². The largest absolute Gasteiger partial charge is 0.379 e. The molecule has 0 unspecified atom stereocenters. The molecule has 1 rings (SSSR count). The third-order valence-electron chi connectivity index (χ3n) is 1.87. The average Bonchev–Trinajstić information content (AvgIpc) is 2.44. The van der Waals surface area contributed by atoms with Crippen molar-refractivity contribution in [2.24, 2.45) is 7.05 Å². The number of imidazole rings is 1. The molecule has 14 heavy (non-hydrogen) atoms. The molecule has 0 amide bonds. The van der Waals surface area contributed by atoms with Gasteiger partial charge in [0.15, 0.2) is 0 Å². The molecule has 5 heteroatoms. The second-order valence-corrected chi connectivity index (χ2v) is 2.71. The van der Waals surface area contributed by atoms with Crippen LogP contribution < -0.4 is 4.57 Å². The molecule has 1 aromatic rings. The number of alkyl halides is 3. The predicted molar refractivity (Wildman–Crippen MR) is 47.8 cm³/mol. The molecule has 82 valence electrons. The lowest BCUT2D eigenvalue weighted by atomic mass is 10.4. The molecular formula is C9H16F3N2+. The fourth-order valence-electron chi connectivity index (χ4n) is 1.30. The van der Waals surface area contributed by atoms with Crippen LogP contribution in [-0.4, -0.2) is 11.2 Å². The number of aryl methyl sites for hydroxylation is 2. The van der Waals surface area contributed by atoms with Crippen molar-refractivity contribution in [2.75, 3.05) is 0 Å². The van der Waals surface area contributed by atoms with E-state index < -0.39 is 6.68 Å². The number of nitrogens with zero attached hydrogens (tertiary/aromatic N) is 2. The summed E-state index contributed by atoms with van der Waals surface area (Å²) in [6, 6.07) is 0. The van der Waals surface area contributed by atoms with Crippen LogP contribution in [0.1, 0.15) is 19.7 Å². The number of rotatable bonds is 2. The second kappa shape index (κ2) is 6.45. The molecule has 0 aliphatic heterocycles. The first-order valence-electron chi connectivity index (χ1n) is 4.48. The molecule has 0 aromatic carbocycles. The molecule has 0 atom stereocenters. The van der Waals surface area contributed by atoms with Crippen LogP contribution in [0.3, 0.4) is 0 Å². The van der Waals surface area contributed by atoms with E-state index in [2.05, 4.69) is 42.4 Å². The highest BCUT2D eigenvalue weighted by Crippen LogP contribution is 1.94. The van der Waals surface area contributed by atoms with Crippen molar-refractivity contribution in [3.63, 3.8) is 0 Å². The Kier molecular flexibility index (Phi) is 5.99. The lowest BCUT2D eigenvalue weighted by Gasteiger charge is -1.94. The minimum absolute atomic E-state index is 1.07. The lowest BCUT2D eigenvalue weighted by molar-refractivity contribution is -0.678. The molecule has 0 saturated heterocycles. The van der Waals surface area contributed by atoms with Crippen LogP contribution in [0.2, 0.25) is 0 Å². The summed E-state index contributed by atoms with van der Waals surface area (Å²) in [5.74, 6) is 1.39. The third-order valence-corrected chi connectivity index (χ3v) is 1.87. The van der Waals surface area contributed by atoms with Gasteiger partial charge >= 0.3 is 6.68 Å². The maximum absolute atomic E-state index is 9.67. The van der Waals surface area contributed by atoms with Gasteiger partial charge in [-0.25, -0.2) is 9.13 Å². The van der Waals surface area contributed by atoms with Gasteiger partial charge in [0.25, 0.3) is 5.82 Å². The van der Waals surface area contributed by atoms with Crippen LogP contribution in [0.5, 0.6) is 0 Å². The topological polar surface area (TPSA) is 8.81 Å². The van der Waals surface area contributed by atoms with Crippen molar-refractivity contribution in [3.05, 3.63) is 18.2 Å². The molecule has 1 heterocycles. The molecule has 0 fully saturated rings. The Bertz CT molecular complexity index is 256. The summed E-state index contributed by atoms with van der Waals surface area (Å²) in [7, 11) is 2.09. The van der Waals surface area contributed by atoms with Gasteiger partial charge in [-0.15, -0.1) is 0 Å². The average molecular weight is 209 g/mol. The Balaban J connectivity index is 0.000000364. The SMILES string of the molecule is CCc1n(CC)cc[n+]1C.FC(F)F. The van der Waals surface area contributed by atoms with Gasteiger partial charge in [0.1, 0.15) is 12.4 Å². The fourth-order valence-corrected chi connectivity index (χ4v) is 1.30. The van der Waals surface area contributed by atoms with Gasteiger partial charge in [0.2, 0.25) is 0 Å². The Hall–Kier alpha value is -1.00. The normalized spacial score (nSPS) is 9.93. The Morgan fingerprint density at radius 1 is 1.36 bits per heavy atom. The van der Waals surface area contributed by atoms with Crippen LogP contribution in [-0.2, 0) is 20.0 Å².